The summed E-state index contributed by atoms with van der Waals surface area (Å²) in [5.74, 6) is 0.474. The number of tetrazole rings is 1. The first-order valence-electron chi connectivity index (χ1n) is 6.31. The number of carbonyl (C=O) groups is 1. The number of nitrogens with one attached hydrogen (secondary N) is 1. The van der Waals surface area contributed by atoms with Gasteiger partial charge in [-0.3, -0.25) is 4.79 Å². The van der Waals surface area contributed by atoms with Crippen molar-refractivity contribution in [2.45, 2.75) is 32.2 Å². The van der Waals surface area contributed by atoms with Crippen LogP contribution < -0.4 is 5.32 Å². The Labute approximate surface area is 106 Å². The van der Waals surface area contributed by atoms with Crippen LogP contribution in [0.4, 0.5) is 0 Å². The summed E-state index contributed by atoms with van der Waals surface area (Å²) in [7, 11) is 1.74. The Morgan fingerprint density at radius 2 is 2.17 bits per heavy atom. The van der Waals surface area contributed by atoms with Crippen molar-refractivity contribution in [1.29, 1.82) is 0 Å². The summed E-state index contributed by atoms with van der Waals surface area (Å²) in [6.45, 7) is 1.51. The van der Waals surface area contributed by atoms with E-state index in [1.165, 1.54) is 4.80 Å². The lowest BCUT2D eigenvalue weighted by molar-refractivity contribution is -0.143. The van der Waals surface area contributed by atoms with E-state index in [2.05, 4.69) is 20.7 Å². The van der Waals surface area contributed by atoms with Crippen LogP contribution in [0.2, 0.25) is 0 Å². The lowest BCUT2D eigenvalue weighted by Gasteiger charge is -2.26. The Morgan fingerprint density at radius 3 is 2.72 bits per heavy atom. The molecule has 1 heterocycles. The fourth-order valence-corrected chi connectivity index (χ4v) is 2.40. The van der Waals surface area contributed by atoms with E-state index in [-0.39, 0.29) is 5.92 Å². The molecule has 1 aliphatic carbocycles. The highest BCUT2D eigenvalue weighted by Gasteiger charge is 2.25. The second-order valence-electron chi connectivity index (χ2n) is 4.88. The van der Waals surface area contributed by atoms with Crippen LogP contribution in [-0.2, 0) is 18.4 Å². The maximum absolute atomic E-state index is 10.8. The van der Waals surface area contributed by atoms with Crippen LogP contribution in [-0.4, -0.2) is 37.8 Å². The fraction of sp³-hybridized carbons (Fsp3) is 0.818. The molecular weight excluding hydrogens is 234 g/mol. The van der Waals surface area contributed by atoms with Crippen molar-refractivity contribution in [3.05, 3.63) is 5.82 Å². The van der Waals surface area contributed by atoms with Crippen LogP contribution in [0, 0.1) is 11.8 Å². The molecule has 0 bridgehead atoms. The Bertz CT molecular complexity index is 398. The van der Waals surface area contributed by atoms with Crippen molar-refractivity contribution >= 4 is 5.97 Å². The Morgan fingerprint density at radius 1 is 1.44 bits per heavy atom. The molecule has 18 heavy (non-hydrogen) atoms. The number of aliphatic carboxylic acids is 1. The van der Waals surface area contributed by atoms with Crippen LogP contribution >= 0.6 is 0 Å². The van der Waals surface area contributed by atoms with Crippen molar-refractivity contribution < 1.29 is 9.90 Å². The number of hydrogen-bond donors (Lipinski definition) is 2. The minimum Gasteiger partial charge on any atom is -0.481 e. The Hall–Kier alpha value is -1.50. The van der Waals surface area contributed by atoms with Gasteiger partial charge in [0.05, 0.1) is 19.5 Å². The minimum atomic E-state index is -0.648. The average molecular weight is 253 g/mol. The van der Waals surface area contributed by atoms with E-state index in [9.17, 15) is 4.79 Å². The highest BCUT2D eigenvalue weighted by molar-refractivity contribution is 5.69. The van der Waals surface area contributed by atoms with E-state index in [1.54, 1.807) is 7.05 Å². The average Bonchev–Trinajstić information content (AvgIpc) is 2.76. The standard InChI is InChI=1S/C11H19N5O2/c1-16-14-10(13-15-16)7-12-6-8-2-4-9(5-3-8)11(17)18/h8-9,12H,2-7H2,1H3,(H,17,18). The van der Waals surface area contributed by atoms with Gasteiger partial charge in [0.1, 0.15) is 0 Å². The van der Waals surface area contributed by atoms with Gasteiger partial charge in [0, 0.05) is 0 Å². The topological polar surface area (TPSA) is 92.9 Å². The third-order valence-corrected chi connectivity index (χ3v) is 3.46. The molecule has 1 aromatic rings. The normalized spacial score (nSPS) is 24.1. The van der Waals surface area contributed by atoms with Crippen LogP contribution in [0.25, 0.3) is 0 Å². The lowest BCUT2D eigenvalue weighted by Crippen LogP contribution is -2.28. The Kier molecular flexibility index (Phi) is 4.24. The van der Waals surface area contributed by atoms with Gasteiger partial charge >= 0.3 is 5.97 Å². The third kappa shape index (κ3) is 3.49. The first-order chi connectivity index (χ1) is 8.65. The predicted octanol–water partition coefficient (Wildman–Crippen LogP) is 0.191. The van der Waals surface area contributed by atoms with Crippen LogP contribution in [0.1, 0.15) is 31.5 Å². The van der Waals surface area contributed by atoms with Gasteiger partial charge in [0.2, 0.25) is 0 Å². The van der Waals surface area contributed by atoms with Gasteiger partial charge in [-0.1, -0.05) is 0 Å². The first kappa shape index (κ1) is 12.9. The molecular formula is C11H19N5O2. The molecule has 1 aliphatic rings. The van der Waals surface area contributed by atoms with Gasteiger partial charge in [-0.05, 0) is 43.4 Å². The number of hydrogen-bond acceptors (Lipinski definition) is 5. The van der Waals surface area contributed by atoms with Crippen molar-refractivity contribution in [3.63, 3.8) is 0 Å². The number of nitrogens with zero attached hydrogens (tertiary/aromatic N) is 4. The largest absolute Gasteiger partial charge is 0.481 e. The van der Waals surface area contributed by atoms with Crippen LogP contribution in [0.3, 0.4) is 0 Å². The molecule has 0 aliphatic heterocycles. The van der Waals surface area contributed by atoms with Gasteiger partial charge in [0.25, 0.3) is 0 Å². The third-order valence-electron chi connectivity index (χ3n) is 3.46. The maximum atomic E-state index is 10.8. The van der Waals surface area contributed by atoms with Crippen molar-refractivity contribution in [2.24, 2.45) is 18.9 Å². The zero-order valence-corrected chi connectivity index (χ0v) is 10.5. The minimum absolute atomic E-state index is 0.136. The van der Waals surface area contributed by atoms with Crippen molar-refractivity contribution in [3.8, 4) is 0 Å². The molecule has 1 saturated carbocycles. The second-order valence-corrected chi connectivity index (χ2v) is 4.88. The zero-order chi connectivity index (χ0) is 13.0. The molecule has 0 spiro atoms. The van der Waals surface area contributed by atoms with E-state index < -0.39 is 5.97 Å². The second kappa shape index (κ2) is 5.90. The molecule has 0 unspecified atom stereocenters. The predicted molar refractivity (Wildman–Crippen MR) is 63.6 cm³/mol. The molecule has 0 atom stereocenters. The van der Waals surface area contributed by atoms with Gasteiger partial charge < -0.3 is 10.4 Å². The van der Waals surface area contributed by atoms with Gasteiger partial charge in [-0.2, -0.15) is 4.80 Å². The zero-order valence-electron chi connectivity index (χ0n) is 10.5. The van der Waals surface area contributed by atoms with E-state index in [0.29, 0.717) is 18.3 Å². The van der Waals surface area contributed by atoms with Gasteiger partial charge in [0.15, 0.2) is 5.82 Å². The number of aromatic nitrogens is 4. The van der Waals surface area contributed by atoms with E-state index in [1.807, 2.05) is 0 Å². The molecule has 7 heteroatoms. The summed E-state index contributed by atoms with van der Waals surface area (Å²) in [5, 5.41) is 24.0. The summed E-state index contributed by atoms with van der Waals surface area (Å²) >= 11 is 0. The number of carboxylic acids is 1. The molecule has 1 aromatic heterocycles. The van der Waals surface area contributed by atoms with Crippen LogP contribution in [0.15, 0.2) is 0 Å². The van der Waals surface area contributed by atoms with Gasteiger partial charge in [-0.15, -0.1) is 10.2 Å². The molecule has 0 radical (unpaired) electrons. The molecule has 0 amide bonds. The summed E-state index contributed by atoms with van der Waals surface area (Å²) in [5.41, 5.74) is 0. The number of aryl methyl sites for hydroxylation is 1. The summed E-state index contributed by atoms with van der Waals surface area (Å²) in [6, 6.07) is 0. The summed E-state index contributed by atoms with van der Waals surface area (Å²) in [4.78, 5) is 12.3. The van der Waals surface area contributed by atoms with Crippen molar-refractivity contribution in [2.75, 3.05) is 6.54 Å². The molecule has 2 rings (SSSR count). The van der Waals surface area contributed by atoms with Crippen molar-refractivity contribution in [1.82, 2.24) is 25.5 Å². The SMILES string of the molecule is Cn1nnc(CNCC2CCC(C(=O)O)CC2)n1. The molecule has 0 saturated heterocycles. The first-order valence-corrected chi connectivity index (χ1v) is 6.31. The quantitative estimate of drug-likeness (QED) is 0.778. The number of carboxylic acid groups (broad SMARTS) is 1. The summed E-state index contributed by atoms with van der Waals surface area (Å²) < 4.78 is 0. The lowest BCUT2D eigenvalue weighted by atomic mass is 9.82. The fourth-order valence-electron chi connectivity index (χ4n) is 2.40. The highest BCUT2D eigenvalue weighted by Crippen LogP contribution is 2.28. The molecule has 7 nitrogen and oxygen atoms in total. The smallest absolute Gasteiger partial charge is 0.306 e. The van der Waals surface area contributed by atoms with E-state index in [4.69, 9.17) is 5.11 Å². The Balaban J connectivity index is 1.65. The highest BCUT2D eigenvalue weighted by atomic mass is 16.4. The maximum Gasteiger partial charge on any atom is 0.306 e. The van der Waals surface area contributed by atoms with Gasteiger partial charge in [-0.25, -0.2) is 0 Å². The van der Waals surface area contributed by atoms with Crippen LogP contribution in [0.5, 0.6) is 0 Å². The monoisotopic (exact) mass is 253 g/mol. The van der Waals surface area contributed by atoms with E-state index >= 15 is 0 Å². The molecule has 1 fully saturated rings. The number of rotatable bonds is 5. The summed E-state index contributed by atoms with van der Waals surface area (Å²) in [6.07, 6.45) is 3.56. The molecule has 100 valence electrons. The molecule has 0 aromatic carbocycles. The molecule has 2 N–H and O–H groups in total. The van der Waals surface area contributed by atoms with E-state index in [0.717, 1.165) is 32.2 Å².